The van der Waals surface area contributed by atoms with Crippen LogP contribution in [-0.2, 0) is 9.47 Å². The predicted octanol–water partition coefficient (Wildman–Crippen LogP) is 1.35. The van der Waals surface area contributed by atoms with Gasteiger partial charge in [0.1, 0.15) is 6.10 Å². The Balaban J connectivity index is 1.65. The molecule has 6 heteroatoms. The fourth-order valence-electron chi connectivity index (χ4n) is 3.67. The molecule has 22 heavy (non-hydrogen) atoms. The molecule has 3 heterocycles. The summed E-state index contributed by atoms with van der Waals surface area (Å²) >= 11 is 0. The lowest BCUT2D eigenvalue weighted by Gasteiger charge is -2.38. The van der Waals surface area contributed by atoms with Gasteiger partial charge in [-0.15, -0.1) is 0 Å². The minimum Gasteiger partial charge on any atom is -0.379 e. The van der Waals surface area contributed by atoms with Crippen LogP contribution in [0.25, 0.3) is 5.52 Å². The van der Waals surface area contributed by atoms with E-state index < -0.39 is 0 Å². The lowest BCUT2D eigenvalue weighted by atomic mass is 10.1. The van der Waals surface area contributed by atoms with Crippen molar-refractivity contribution in [2.24, 2.45) is 0 Å². The van der Waals surface area contributed by atoms with Crippen LogP contribution in [0.3, 0.4) is 0 Å². The molecule has 116 valence electrons. The van der Waals surface area contributed by atoms with Gasteiger partial charge in [-0.1, -0.05) is 6.07 Å². The van der Waals surface area contributed by atoms with Crippen LogP contribution in [-0.4, -0.2) is 58.9 Å². The van der Waals surface area contributed by atoms with Gasteiger partial charge in [0.25, 0.3) is 5.91 Å². The molecule has 0 unspecified atom stereocenters. The van der Waals surface area contributed by atoms with E-state index in [2.05, 4.69) is 5.10 Å². The predicted molar refractivity (Wildman–Crippen MR) is 79.8 cm³/mol. The Kier molecular flexibility index (Phi) is 3.35. The van der Waals surface area contributed by atoms with Gasteiger partial charge in [0.05, 0.1) is 36.0 Å². The highest BCUT2D eigenvalue weighted by atomic mass is 16.5. The van der Waals surface area contributed by atoms with Gasteiger partial charge < -0.3 is 14.4 Å². The number of amides is 1. The van der Waals surface area contributed by atoms with Gasteiger partial charge in [-0.05, 0) is 25.0 Å². The highest BCUT2D eigenvalue weighted by molar-refractivity contribution is 6.00. The SMILES string of the molecule is CO[C@@H]1CC[C@H]2[C@H]1OCCN2C(=O)c1cnn2ccccc12. The monoisotopic (exact) mass is 301 g/mol. The van der Waals surface area contributed by atoms with E-state index in [-0.39, 0.29) is 24.2 Å². The largest absolute Gasteiger partial charge is 0.379 e. The Morgan fingerprint density at radius 1 is 1.41 bits per heavy atom. The smallest absolute Gasteiger partial charge is 0.258 e. The zero-order valence-electron chi connectivity index (χ0n) is 12.5. The highest BCUT2D eigenvalue weighted by Gasteiger charge is 2.45. The first kappa shape index (κ1) is 13.7. The zero-order chi connectivity index (χ0) is 15.1. The fourth-order valence-corrected chi connectivity index (χ4v) is 3.67. The third-order valence-corrected chi connectivity index (χ3v) is 4.76. The van der Waals surface area contributed by atoms with E-state index in [1.807, 2.05) is 29.3 Å². The molecule has 0 radical (unpaired) electrons. The third-order valence-electron chi connectivity index (χ3n) is 4.76. The van der Waals surface area contributed by atoms with Crippen LogP contribution in [0.1, 0.15) is 23.2 Å². The van der Waals surface area contributed by atoms with E-state index in [9.17, 15) is 4.79 Å². The average molecular weight is 301 g/mol. The van der Waals surface area contributed by atoms with Crippen molar-refractivity contribution in [3.63, 3.8) is 0 Å². The Morgan fingerprint density at radius 3 is 3.18 bits per heavy atom. The van der Waals surface area contributed by atoms with Crippen LogP contribution in [0, 0.1) is 0 Å². The number of aromatic nitrogens is 2. The number of pyridine rings is 1. The Labute approximate surface area is 128 Å². The summed E-state index contributed by atoms with van der Waals surface area (Å²) in [5, 5.41) is 4.26. The molecule has 2 fully saturated rings. The normalized spacial score (nSPS) is 28.0. The molecule has 2 aromatic heterocycles. The van der Waals surface area contributed by atoms with Crippen molar-refractivity contribution in [2.75, 3.05) is 20.3 Å². The Morgan fingerprint density at radius 2 is 2.32 bits per heavy atom. The summed E-state index contributed by atoms with van der Waals surface area (Å²) in [7, 11) is 1.71. The van der Waals surface area contributed by atoms with E-state index >= 15 is 0 Å². The summed E-state index contributed by atoms with van der Waals surface area (Å²) in [6.45, 7) is 1.19. The van der Waals surface area contributed by atoms with Crippen molar-refractivity contribution < 1.29 is 14.3 Å². The number of ether oxygens (including phenoxy) is 2. The van der Waals surface area contributed by atoms with Crippen molar-refractivity contribution >= 4 is 11.4 Å². The maximum atomic E-state index is 13.0. The van der Waals surface area contributed by atoms with Crippen LogP contribution in [0.15, 0.2) is 30.6 Å². The third kappa shape index (κ3) is 2.02. The minimum atomic E-state index is -0.00969. The second-order valence-electron chi connectivity index (χ2n) is 5.84. The van der Waals surface area contributed by atoms with Crippen molar-refractivity contribution in [1.29, 1.82) is 0 Å². The van der Waals surface area contributed by atoms with Crippen LogP contribution in [0.5, 0.6) is 0 Å². The van der Waals surface area contributed by atoms with Gasteiger partial charge in [0, 0.05) is 19.9 Å². The average Bonchev–Trinajstić information content (AvgIpc) is 3.17. The summed E-state index contributed by atoms with van der Waals surface area (Å²) in [5.74, 6) is 0.0382. The molecular weight excluding hydrogens is 282 g/mol. The second kappa shape index (κ2) is 5.37. The van der Waals surface area contributed by atoms with E-state index in [0.717, 1.165) is 18.4 Å². The lowest BCUT2D eigenvalue weighted by molar-refractivity contribution is -0.0946. The molecular formula is C16H19N3O3. The number of carbonyl (C=O) groups is 1. The van der Waals surface area contributed by atoms with Gasteiger partial charge in [-0.25, -0.2) is 4.52 Å². The minimum absolute atomic E-state index is 0.00969. The standard InChI is InChI=1S/C16H19N3O3/c1-21-14-6-5-13-15(14)22-9-8-18(13)16(20)11-10-17-19-7-3-2-4-12(11)19/h2-4,7,10,13-15H,5-6,8-9H2,1H3/t13-,14+,15+/m0/s1. The van der Waals surface area contributed by atoms with E-state index in [1.165, 1.54) is 0 Å². The van der Waals surface area contributed by atoms with Crippen molar-refractivity contribution in [1.82, 2.24) is 14.5 Å². The molecule has 1 aliphatic heterocycles. The molecule has 3 atom stereocenters. The summed E-state index contributed by atoms with van der Waals surface area (Å²) in [6.07, 6.45) is 5.45. The molecule has 1 aliphatic carbocycles. The van der Waals surface area contributed by atoms with Gasteiger partial charge in [0.15, 0.2) is 0 Å². The Bertz CT molecular complexity index is 699. The molecule has 2 aromatic rings. The number of carbonyl (C=O) groups excluding carboxylic acids is 1. The van der Waals surface area contributed by atoms with Gasteiger partial charge in [0.2, 0.25) is 0 Å². The number of hydrogen-bond acceptors (Lipinski definition) is 4. The number of hydrogen-bond donors (Lipinski definition) is 0. The maximum absolute atomic E-state index is 13.0. The first-order chi connectivity index (χ1) is 10.8. The van der Waals surface area contributed by atoms with Crippen LogP contribution in [0.4, 0.5) is 0 Å². The van der Waals surface area contributed by atoms with E-state index in [4.69, 9.17) is 9.47 Å². The van der Waals surface area contributed by atoms with E-state index in [0.29, 0.717) is 18.7 Å². The fraction of sp³-hybridized carbons (Fsp3) is 0.500. The molecule has 0 spiro atoms. The number of nitrogens with zero attached hydrogens (tertiary/aromatic N) is 3. The molecule has 6 nitrogen and oxygen atoms in total. The van der Waals surface area contributed by atoms with E-state index in [1.54, 1.807) is 17.8 Å². The number of morpholine rings is 1. The molecule has 4 rings (SSSR count). The summed E-state index contributed by atoms with van der Waals surface area (Å²) in [6, 6.07) is 5.85. The summed E-state index contributed by atoms with van der Waals surface area (Å²) in [5.41, 5.74) is 1.50. The molecule has 2 aliphatic rings. The topological polar surface area (TPSA) is 56.1 Å². The van der Waals surface area contributed by atoms with Crippen LogP contribution in [0.2, 0.25) is 0 Å². The number of fused-ring (bicyclic) bond motifs is 2. The van der Waals surface area contributed by atoms with Gasteiger partial charge in [-0.3, -0.25) is 4.79 Å². The molecule has 0 N–H and O–H groups in total. The molecule has 1 saturated heterocycles. The quantitative estimate of drug-likeness (QED) is 0.840. The van der Waals surface area contributed by atoms with Crippen molar-refractivity contribution in [3.8, 4) is 0 Å². The molecule has 0 aromatic carbocycles. The van der Waals surface area contributed by atoms with Crippen molar-refractivity contribution in [3.05, 3.63) is 36.2 Å². The summed E-state index contributed by atoms with van der Waals surface area (Å²) < 4.78 is 13.1. The zero-order valence-corrected chi connectivity index (χ0v) is 12.5. The Hall–Kier alpha value is -1.92. The van der Waals surface area contributed by atoms with Crippen LogP contribution >= 0.6 is 0 Å². The van der Waals surface area contributed by atoms with Gasteiger partial charge in [-0.2, -0.15) is 5.10 Å². The second-order valence-corrected chi connectivity index (χ2v) is 5.84. The van der Waals surface area contributed by atoms with Crippen LogP contribution < -0.4 is 0 Å². The van der Waals surface area contributed by atoms with Gasteiger partial charge >= 0.3 is 0 Å². The maximum Gasteiger partial charge on any atom is 0.258 e. The summed E-state index contributed by atoms with van der Waals surface area (Å²) in [4.78, 5) is 14.9. The molecule has 1 saturated carbocycles. The number of rotatable bonds is 2. The first-order valence-electron chi connectivity index (χ1n) is 7.67. The number of methoxy groups -OCH3 is 1. The lowest BCUT2D eigenvalue weighted by Crippen LogP contribution is -2.53. The molecule has 0 bridgehead atoms. The highest BCUT2D eigenvalue weighted by Crippen LogP contribution is 2.33. The van der Waals surface area contributed by atoms with Crippen molar-refractivity contribution in [2.45, 2.75) is 31.1 Å². The first-order valence-corrected chi connectivity index (χ1v) is 7.67. The molecule has 1 amide bonds.